The third-order valence-electron chi connectivity index (χ3n) is 2.18. The highest BCUT2D eigenvalue weighted by molar-refractivity contribution is 7.91. The molecule has 1 rings (SSSR count). The van der Waals surface area contributed by atoms with Crippen LogP contribution in [0.2, 0.25) is 0 Å². The second-order valence-electron chi connectivity index (χ2n) is 4.45. The molecule has 5 heteroatoms. The zero-order chi connectivity index (χ0) is 10.1. The number of hydrogen-bond acceptors (Lipinski definition) is 4. The number of nitrogens with zero attached hydrogens (tertiary/aromatic N) is 1. The van der Waals surface area contributed by atoms with E-state index in [0.29, 0.717) is 18.2 Å². The Hall–Kier alpha value is 0.260. The van der Waals surface area contributed by atoms with E-state index in [1.807, 2.05) is 13.8 Å². The van der Waals surface area contributed by atoms with Gasteiger partial charge in [0.25, 0.3) is 0 Å². The first-order valence-electron chi connectivity index (χ1n) is 4.38. The lowest BCUT2D eigenvalue weighted by Crippen LogP contribution is -2.33. The quantitative estimate of drug-likeness (QED) is 0.663. The van der Waals surface area contributed by atoms with E-state index in [1.165, 1.54) is 0 Å². The molecule has 0 N–H and O–H groups in total. The van der Waals surface area contributed by atoms with Crippen LogP contribution < -0.4 is 0 Å². The third kappa shape index (κ3) is 3.48. The molecule has 0 aromatic heterocycles. The number of rotatable bonds is 1. The van der Waals surface area contributed by atoms with Gasteiger partial charge in [-0.3, -0.25) is 4.90 Å². The van der Waals surface area contributed by atoms with Crippen LogP contribution in [0, 0.1) is 5.41 Å². The summed E-state index contributed by atoms with van der Waals surface area (Å²) in [5.74, 6) is 1.21. The predicted molar refractivity (Wildman–Crippen MR) is 57.9 cm³/mol. The van der Waals surface area contributed by atoms with E-state index < -0.39 is 9.84 Å². The lowest BCUT2D eigenvalue weighted by molar-refractivity contribution is 0.240. The van der Waals surface area contributed by atoms with Gasteiger partial charge in [0.2, 0.25) is 0 Å². The summed E-state index contributed by atoms with van der Waals surface area (Å²) in [5.41, 5.74) is -0.141. The van der Waals surface area contributed by atoms with Gasteiger partial charge < -0.3 is 0 Å². The van der Waals surface area contributed by atoms with Crippen LogP contribution >= 0.6 is 12.6 Å². The third-order valence-corrected chi connectivity index (χ3v) is 4.61. The first kappa shape index (κ1) is 11.3. The maximum Gasteiger partial charge on any atom is 0.152 e. The van der Waals surface area contributed by atoms with Crippen molar-refractivity contribution in [3.8, 4) is 0 Å². The normalized spacial score (nSPS) is 28.2. The van der Waals surface area contributed by atoms with E-state index in [-0.39, 0.29) is 11.2 Å². The Morgan fingerprint density at radius 2 is 2.08 bits per heavy atom. The van der Waals surface area contributed by atoms with Crippen LogP contribution in [0.15, 0.2) is 0 Å². The fourth-order valence-electron chi connectivity index (χ4n) is 1.79. The fraction of sp³-hybridized carbons (Fsp3) is 1.00. The smallest absolute Gasteiger partial charge is 0.152 e. The molecule has 1 aliphatic heterocycles. The van der Waals surface area contributed by atoms with Crippen molar-refractivity contribution in [2.24, 2.45) is 5.41 Å². The summed E-state index contributed by atoms with van der Waals surface area (Å²) in [6.07, 6.45) is 0. The zero-order valence-corrected chi connectivity index (χ0v) is 9.87. The molecular weight excluding hydrogens is 206 g/mol. The summed E-state index contributed by atoms with van der Waals surface area (Å²) in [4.78, 5) is 2.08. The van der Waals surface area contributed by atoms with Crippen molar-refractivity contribution in [3.05, 3.63) is 0 Å². The summed E-state index contributed by atoms with van der Waals surface area (Å²) in [5, 5.41) is 0. The van der Waals surface area contributed by atoms with Crippen molar-refractivity contribution in [2.75, 3.05) is 30.5 Å². The lowest BCUT2D eigenvalue weighted by atomic mass is 9.96. The van der Waals surface area contributed by atoms with Gasteiger partial charge in [-0.1, -0.05) is 13.8 Å². The topological polar surface area (TPSA) is 37.4 Å². The molecule has 0 amide bonds. The van der Waals surface area contributed by atoms with Crippen molar-refractivity contribution < 1.29 is 8.42 Å². The van der Waals surface area contributed by atoms with Crippen LogP contribution in [-0.4, -0.2) is 43.8 Å². The number of thiol groups is 1. The van der Waals surface area contributed by atoms with E-state index in [1.54, 1.807) is 0 Å². The molecule has 78 valence electrons. The van der Waals surface area contributed by atoms with Gasteiger partial charge >= 0.3 is 0 Å². The van der Waals surface area contributed by atoms with Gasteiger partial charge in [-0.05, 0) is 5.41 Å². The molecule has 0 unspecified atom stereocenters. The van der Waals surface area contributed by atoms with Gasteiger partial charge in [0, 0.05) is 19.0 Å². The minimum Gasteiger partial charge on any atom is -0.293 e. The molecular formula is C8H17NO2S2. The van der Waals surface area contributed by atoms with Gasteiger partial charge in [0.15, 0.2) is 9.84 Å². The Balaban J connectivity index is 2.81. The Morgan fingerprint density at radius 3 is 2.62 bits per heavy atom. The summed E-state index contributed by atoms with van der Waals surface area (Å²) >= 11 is 4.18. The standard InChI is InChI=1S/C8H17NO2S2/c1-8(2)5-9(7-12)3-4-13(10,11)6-8/h12H,3-7H2,1-2H3. The zero-order valence-electron chi connectivity index (χ0n) is 8.15. The van der Waals surface area contributed by atoms with Gasteiger partial charge in [0.1, 0.15) is 0 Å². The van der Waals surface area contributed by atoms with Crippen LogP contribution in [0.3, 0.4) is 0 Å². The van der Waals surface area contributed by atoms with E-state index in [9.17, 15) is 8.42 Å². The first-order valence-corrected chi connectivity index (χ1v) is 6.84. The van der Waals surface area contributed by atoms with Gasteiger partial charge in [-0.15, -0.1) is 0 Å². The molecule has 3 nitrogen and oxygen atoms in total. The minimum absolute atomic E-state index is 0.141. The molecule has 0 aromatic carbocycles. The van der Waals surface area contributed by atoms with Crippen molar-refractivity contribution in [1.82, 2.24) is 4.90 Å². The van der Waals surface area contributed by atoms with Crippen molar-refractivity contribution in [3.63, 3.8) is 0 Å². The largest absolute Gasteiger partial charge is 0.293 e. The summed E-state index contributed by atoms with van der Waals surface area (Å²) in [7, 11) is -2.85. The minimum atomic E-state index is -2.85. The Bertz CT molecular complexity index is 272. The summed E-state index contributed by atoms with van der Waals surface area (Å²) < 4.78 is 23.0. The van der Waals surface area contributed by atoms with Crippen molar-refractivity contribution in [1.29, 1.82) is 0 Å². The molecule has 0 aromatic rings. The van der Waals surface area contributed by atoms with Crippen molar-refractivity contribution >= 4 is 22.5 Å². The number of hydrogen-bond donors (Lipinski definition) is 1. The van der Waals surface area contributed by atoms with Crippen molar-refractivity contribution in [2.45, 2.75) is 13.8 Å². The van der Waals surface area contributed by atoms with Crippen LogP contribution in [0.5, 0.6) is 0 Å². The average molecular weight is 223 g/mol. The highest BCUT2D eigenvalue weighted by Gasteiger charge is 2.31. The predicted octanol–water partition coefficient (Wildman–Crippen LogP) is 0.630. The Labute approximate surface area is 85.8 Å². The van der Waals surface area contributed by atoms with E-state index in [0.717, 1.165) is 6.54 Å². The summed E-state index contributed by atoms with van der Waals surface area (Å²) in [6, 6.07) is 0. The molecule has 0 atom stereocenters. The molecule has 0 saturated carbocycles. The molecule has 0 aliphatic carbocycles. The Morgan fingerprint density at radius 1 is 1.46 bits per heavy atom. The summed E-state index contributed by atoms with van der Waals surface area (Å²) in [6.45, 7) is 5.42. The van der Waals surface area contributed by atoms with Gasteiger partial charge in [-0.2, -0.15) is 12.6 Å². The number of sulfone groups is 1. The first-order chi connectivity index (χ1) is 5.85. The highest BCUT2D eigenvalue weighted by atomic mass is 32.2. The molecule has 0 bridgehead atoms. The van der Waals surface area contributed by atoms with Crippen LogP contribution in [-0.2, 0) is 9.84 Å². The van der Waals surface area contributed by atoms with Crippen LogP contribution in [0.1, 0.15) is 13.8 Å². The maximum atomic E-state index is 11.5. The SMILES string of the molecule is CC1(C)CN(CS)CCS(=O)(=O)C1. The van der Waals surface area contributed by atoms with E-state index in [4.69, 9.17) is 0 Å². The molecule has 1 fully saturated rings. The van der Waals surface area contributed by atoms with Crippen LogP contribution in [0.25, 0.3) is 0 Å². The highest BCUT2D eigenvalue weighted by Crippen LogP contribution is 2.23. The second-order valence-corrected chi connectivity index (χ2v) is 6.92. The Kier molecular flexibility index (Phi) is 3.30. The molecule has 1 aliphatic rings. The molecule has 1 saturated heterocycles. The average Bonchev–Trinajstić information content (AvgIpc) is 2.04. The molecule has 0 spiro atoms. The maximum absolute atomic E-state index is 11.5. The molecule has 0 radical (unpaired) electrons. The van der Waals surface area contributed by atoms with Gasteiger partial charge in [-0.25, -0.2) is 8.42 Å². The van der Waals surface area contributed by atoms with Gasteiger partial charge in [0.05, 0.1) is 11.5 Å². The van der Waals surface area contributed by atoms with Crippen LogP contribution in [0.4, 0.5) is 0 Å². The molecule has 1 heterocycles. The fourth-order valence-corrected chi connectivity index (χ4v) is 3.99. The van der Waals surface area contributed by atoms with E-state index >= 15 is 0 Å². The monoisotopic (exact) mass is 223 g/mol. The molecule has 13 heavy (non-hydrogen) atoms. The second kappa shape index (κ2) is 3.79. The van der Waals surface area contributed by atoms with E-state index in [2.05, 4.69) is 17.5 Å². The lowest BCUT2D eigenvalue weighted by Gasteiger charge is -2.27.